The van der Waals surface area contributed by atoms with Crippen LogP contribution in [0.5, 0.6) is 0 Å². The molecule has 0 spiro atoms. The van der Waals surface area contributed by atoms with Gasteiger partial charge in [-0.1, -0.05) is 121 Å². The Kier molecular flexibility index (Phi) is 6.39. The zero-order chi connectivity index (χ0) is 32.3. The molecule has 0 saturated heterocycles. The number of hydrogen-bond donors (Lipinski definition) is 0. The summed E-state index contributed by atoms with van der Waals surface area (Å²) in [6.45, 7) is 0. The smallest absolute Gasteiger partial charge is 0.0640 e. The Bertz CT molecular complexity index is 2830. The number of anilines is 3. The Morgan fingerprint density at radius 1 is 0.429 bits per heavy atom. The summed E-state index contributed by atoms with van der Waals surface area (Å²) in [7, 11) is 0. The van der Waals surface area contributed by atoms with E-state index in [0.717, 1.165) is 17.1 Å². The van der Waals surface area contributed by atoms with Crippen LogP contribution in [-0.4, -0.2) is 4.57 Å². The van der Waals surface area contributed by atoms with Crippen LogP contribution in [-0.2, 0) is 0 Å². The third-order valence-electron chi connectivity index (χ3n) is 9.73. The van der Waals surface area contributed by atoms with Crippen LogP contribution in [0.1, 0.15) is 0 Å². The van der Waals surface area contributed by atoms with E-state index < -0.39 is 0 Å². The summed E-state index contributed by atoms with van der Waals surface area (Å²) in [5, 5.41) is 7.52. The van der Waals surface area contributed by atoms with Gasteiger partial charge in [-0.25, -0.2) is 0 Å². The van der Waals surface area contributed by atoms with Crippen LogP contribution in [0.2, 0.25) is 0 Å². The average Bonchev–Trinajstić information content (AvgIpc) is 3.71. The second-order valence-corrected chi connectivity index (χ2v) is 13.6. The zero-order valence-corrected chi connectivity index (χ0v) is 27.4. The Hall–Kier alpha value is -6.16. The van der Waals surface area contributed by atoms with Gasteiger partial charge in [0, 0.05) is 37.6 Å². The summed E-state index contributed by atoms with van der Waals surface area (Å²) in [6.07, 6.45) is 0. The molecule has 0 amide bonds. The molecule has 0 saturated carbocycles. The minimum Gasteiger partial charge on any atom is -0.309 e. The largest absolute Gasteiger partial charge is 0.309 e. The van der Waals surface area contributed by atoms with E-state index in [2.05, 4.69) is 191 Å². The number of thiophene rings is 1. The molecule has 0 atom stereocenters. The number of hydrogen-bond acceptors (Lipinski definition) is 2. The third-order valence-corrected chi connectivity index (χ3v) is 10.9. The van der Waals surface area contributed by atoms with E-state index in [4.69, 9.17) is 0 Å². The van der Waals surface area contributed by atoms with Gasteiger partial charge in [-0.05, 0) is 82.6 Å². The van der Waals surface area contributed by atoms with Crippen molar-refractivity contribution in [2.45, 2.75) is 0 Å². The fraction of sp³-hybridized carbons (Fsp3) is 0. The van der Waals surface area contributed by atoms with Gasteiger partial charge in [0.25, 0.3) is 0 Å². The van der Waals surface area contributed by atoms with Gasteiger partial charge < -0.3 is 9.47 Å². The lowest BCUT2D eigenvalue weighted by Gasteiger charge is -2.27. The number of benzene rings is 8. The van der Waals surface area contributed by atoms with Gasteiger partial charge in [0.15, 0.2) is 0 Å². The van der Waals surface area contributed by atoms with Crippen molar-refractivity contribution in [2.75, 3.05) is 4.90 Å². The van der Waals surface area contributed by atoms with Crippen molar-refractivity contribution in [2.24, 2.45) is 0 Å². The Morgan fingerprint density at radius 3 is 1.94 bits per heavy atom. The predicted octanol–water partition coefficient (Wildman–Crippen LogP) is 13.4. The predicted molar refractivity (Wildman–Crippen MR) is 211 cm³/mol. The monoisotopic (exact) mass is 642 g/mol. The summed E-state index contributed by atoms with van der Waals surface area (Å²) in [5.74, 6) is 0. The lowest BCUT2D eigenvalue weighted by Crippen LogP contribution is -2.10. The van der Waals surface area contributed by atoms with Crippen LogP contribution in [0.4, 0.5) is 17.1 Å². The minimum absolute atomic E-state index is 1.13. The fourth-order valence-corrected chi connectivity index (χ4v) is 8.75. The van der Waals surface area contributed by atoms with E-state index in [1.807, 2.05) is 11.3 Å². The molecule has 8 aromatic carbocycles. The highest BCUT2D eigenvalue weighted by Crippen LogP contribution is 2.49. The van der Waals surface area contributed by atoms with Gasteiger partial charge in [0.05, 0.1) is 27.1 Å². The molecule has 10 aromatic rings. The van der Waals surface area contributed by atoms with Crippen LogP contribution in [0.3, 0.4) is 0 Å². The quantitative estimate of drug-likeness (QED) is 0.181. The zero-order valence-electron chi connectivity index (χ0n) is 26.6. The van der Waals surface area contributed by atoms with Crippen LogP contribution in [0.25, 0.3) is 69.6 Å². The molecule has 0 N–H and O–H groups in total. The molecule has 0 aliphatic rings. The molecule has 0 aliphatic carbocycles. The first kappa shape index (κ1) is 27.9. The Morgan fingerprint density at radius 2 is 1.08 bits per heavy atom. The van der Waals surface area contributed by atoms with Gasteiger partial charge in [0.1, 0.15) is 0 Å². The molecule has 0 aliphatic heterocycles. The molecule has 2 heterocycles. The molecule has 0 unspecified atom stereocenters. The SMILES string of the molecule is c1ccc(-c2cccc(N(c3cccc4c3sc3ccccc34)c3cccc4c3c3cc5ccccc5cc3n4-c3ccccc3)c2)cc1. The van der Waals surface area contributed by atoms with Crippen LogP contribution < -0.4 is 4.90 Å². The normalized spacial score (nSPS) is 11.7. The maximum Gasteiger partial charge on any atom is 0.0640 e. The van der Waals surface area contributed by atoms with Gasteiger partial charge in [-0.15, -0.1) is 11.3 Å². The molecule has 2 aromatic heterocycles. The summed E-state index contributed by atoms with van der Waals surface area (Å²) in [4.78, 5) is 2.50. The topological polar surface area (TPSA) is 8.17 Å². The molecule has 0 radical (unpaired) electrons. The van der Waals surface area contributed by atoms with Gasteiger partial charge in [-0.3, -0.25) is 0 Å². The molecule has 2 nitrogen and oxygen atoms in total. The Balaban J connectivity index is 1.34. The van der Waals surface area contributed by atoms with Crippen LogP contribution in [0, 0.1) is 0 Å². The number of nitrogens with zero attached hydrogens (tertiary/aromatic N) is 2. The molecule has 49 heavy (non-hydrogen) atoms. The van der Waals surface area contributed by atoms with E-state index >= 15 is 0 Å². The van der Waals surface area contributed by atoms with Crippen LogP contribution in [0.15, 0.2) is 182 Å². The van der Waals surface area contributed by atoms with Crippen molar-refractivity contribution < 1.29 is 0 Å². The first-order chi connectivity index (χ1) is 24.3. The highest BCUT2D eigenvalue weighted by molar-refractivity contribution is 7.26. The van der Waals surface area contributed by atoms with E-state index in [1.54, 1.807) is 0 Å². The van der Waals surface area contributed by atoms with Crippen molar-refractivity contribution >= 4 is 81.1 Å². The minimum atomic E-state index is 1.13. The highest BCUT2D eigenvalue weighted by atomic mass is 32.1. The first-order valence-electron chi connectivity index (χ1n) is 16.7. The molecular weight excluding hydrogens is 613 g/mol. The summed E-state index contributed by atoms with van der Waals surface area (Å²) in [6, 6.07) is 66.2. The summed E-state index contributed by atoms with van der Waals surface area (Å²) < 4.78 is 5.01. The van der Waals surface area contributed by atoms with Gasteiger partial charge in [0.2, 0.25) is 0 Å². The van der Waals surface area contributed by atoms with E-state index in [9.17, 15) is 0 Å². The summed E-state index contributed by atoms with van der Waals surface area (Å²) in [5.41, 5.74) is 9.39. The lowest BCUT2D eigenvalue weighted by atomic mass is 10.0. The lowest BCUT2D eigenvalue weighted by molar-refractivity contribution is 1.18. The Labute approximate surface area is 288 Å². The molecule has 10 rings (SSSR count). The van der Waals surface area contributed by atoms with Crippen molar-refractivity contribution in [3.05, 3.63) is 182 Å². The molecule has 230 valence electrons. The second kappa shape index (κ2) is 11.2. The van der Waals surface area contributed by atoms with Crippen molar-refractivity contribution in [1.82, 2.24) is 4.57 Å². The molecule has 0 fully saturated rings. The number of para-hydroxylation sites is 1. The maximum absolute atomic E-state index is 2.50. The molecular formula is C46H30N2S. The van der Waals surface area contributed by atoms with E-state index in [0.29, 0.717) is 0 Å². The number of fused-ring (bicyclic) bond motifs is 7. The van der Waals surface area contributed by atoms with E-state index in [-0.39, 0.29) is 0 Å². The average molecular weight is 643 g/mol. The van der Waals surface area contributed by atoms with Crippen molar-refractivity contribution in [1.29, 1.82) is 0 Å². The highest BCUT2D eigenvalue weighted by Gasteiger charge is 2.24. The molecule has 0 bridgehead atoms. The summed E-state index contributed by atoms with van der Waals surface area (Å²) >= 11 is 1.87. The standard InChI is InChI=1S/C46H30N2S/c1-3-14-31(15-4-1)32-18-11-21-36(28-32)48(42-26-12-23-38-37-22-9-10-27-44(37)49-46(38)42)41-25-13-24-40-45(41)39-29-33-16-7-8-17-34(33)30-43(39)47(40)35-19-5-2-6-20-35/h1-30H. The molecule has 3 heteroatoms. The van der Waals surface area contributed by atoms with Crippen molar-refractivity contribution in [3.8, 4) is 16.8 Å². The van der Waals surface area contributed by atoms with Crippen LogP contribution >= 0.6 is 11.3 Å². The maximum atomic E-state index is 2.50. The number of aromatic nitrogens is 1. The third kappa shape index (κ3) is 4.47. The van der Waals surface area contributed by atoms with E-state index in [1.165, 1.54) is 69.6 Å². The first-order valence-corrected chi connectivity index (χ1v) is 17.5. The van der Waals surface area contributed by atoms with Crippen molar-refractivity contribution in [3.63, 3.8) is 0 Å². The van der Waals surface area contributed by atoms with Gasteiger partial charge >= 0.3 is 0 Å². The van der Waals surface area contributed by atoms with Gasteiger partial charge in [-0.2, -0.15) is 0 Å². The second-order valence-electron chi connectivity index (χ2n) is 12.6. The number of rotatable bonds is 5. The fourth-order valence-electron chi connectivity index (χ4n) is 7.55.